The molecule has 2 aromatic heterocycles. The zero-order chi connectivity index (χ0) is 25.2. The van der Waals surface area contributed by atoms with Crippen molar-refractivity contribution in [2.45, 2.75) is 19.0 Å². The quantitative estimate of drug-likeness (QED) is 0.331. The highest BCUT2D eigenvalue weighted by molar-refractivity contribution is 7.80. The number of rotatable bonds is 6. The Morgan fingerprint density at radius 2 is 1.94 bits per heavy atom. The highest BCUT2D eigenvalue weighted by Crippen LogP contribution is 2.44. The van der Waals surface area contributed by atoms with E-state index in [1.807, 2.05) is 47.4 Å². The molecule has 36 heavy (non-hydrogen) atoms. The number of furan rings is 1. The molecule has 1 fully saturated rings. The summed E-state index contributed by atoms with van der Waals surface area (Å²) in [5.74, 6) is 1.25. The van der Waals surface area contributed by atoms with Crippen molar-refractivity contribution in [1.82, 2.24) is 10.3 Å². The van der Waals surface area contributed by atoms with Crippen LogP contribution in [0.2, 0.25) is 0 Å². The highest BCUT2D eigenvalue weighted by Gasteiger charge is 2.42. The Bertz CT molecular complexity index is 1410. The van der Waals surface area contributed by atoms with Crippen molar-refractivity contribution in [3.63, 3.8) is 0 Å². The summed E-state index contributed by atoms with van der Waals surface area (Å²) in [7, 11) is 1.54. The minimum Gasteiger partial charge on any atom is -0.495 e. The van der Waals surface area contributed by atoms with Gasteiger partial charge in [-0.25, -0.2) is 4.39 Å². The van der Waals surface area contributed by atoms with Crippen LogP contribution in [0.1, 0.15) is 30.5 Å². The first-order chi connectivity index (χ1) is 17.4. The molecule has 182 valence electrons. The fourth-order valence-electron chi connectivity index (χ4n) is 4.34. The highest BCUT2D eigenvalue weighted by atomic mass is 32.1. The molecule has 7 nitrogen and oxygen atoms in total. The van der Waals surface area contributed by atoms with Gasteiger partial charge in [0, 0.05) is 24.4 Å². The van der Waals surface area contributed by atoms with Gasteiger partial charge in [0.1, 0.15) is 29.1 Å². The molecule has 0 aliphatic carbocycles. The number of hydrogen-bond donors (Lipinski definition) is 2. The average Bonchev–Trinajstić information content (AvgIpc) is 3.49. The fraction of sp³-hybridized carbons (Fsp3) is 0.148. The summed E-state index contributed by atoms with van der Waals surface area (Å²) in [5.41, 5.74) is 2.81. The van der Waals surface area contributed by atoms with Gasteiger partial charge in [-0.3, -0.25) is 9.78 Å². The van der Waals surface area contributed by atoms with E-state index >= 15 is 0 Å². The first kappa shape index (κ1) is 23.5. The Morgan fingerprint density at radius 1 is 1.14 bits per heavy atom. The van der Waals surface area contributed by atoms with Crippen LogP contribution in [0.3, 0.4) is 0 Å². The zero-order valence-corrected chi connectivity index (χ0v) is 20.4. The topological polar surface area (TPSA) is 79.6 Å². The van der Waals surface area contributed by atoms with Crippen molar-refractivity contribution >= 4 is 34.6 Å². The molecule has 5 rings (SSSR count). The molecular weight excluding hydrogens is 479 g/mol. The molecule has 9 heteroatoms. The number of pyridine rings is 1. The summed E-state index contributed by atoms with van der Waals surface area (Å²) in [6.45, 7) is 1.44. The molecule has 2 N–H and O–H groups in total. The van der Waals surface area contributed by atoms with Gasteiger partial charge in [0.2, 0.25) is 5.91 Å². The Kier molecular flexibility index (Phi) is 6.39. The van der Waals surface area contributed by atoms with E-state index in [4.69, 9.17) is 21.4 Å². The maximum absolute atomic E-state index is 13.4. The summed E-state index contributed by atoms with van der Waals surface area (Å²) in [4.78, 5) is 18.3. The normalized spacial score (nSPS) is 17.1. The number of aromatic nitrogens is 1. The molecule has 4 aromatic rings. The number of carbonyl (C=O) groups is 1. The number of amides is 1. The third-order valence-electron chi connectivity index (χ3n) is 5.92. The number of anilines is 2. The second-order valence-corrected chi connectivity index (χ2v) is 8.66. The Balaban J connectivity index is 1.60. The molecular formula is C27H23FN4O3S. The standard InChI is InChI=1S/C27H23FN4O3S/c1-16(33)30-21-15-19(10-11-23(21)34-2)32-26(25(31-27(32)36)20-5-3-4-14-29-20)24-13-12-22(35-24)17-6-8-18(28)9-7-17/h3-15,25-26H,1-2H3,(H,30,33)(H,31,36)/t25-,26+/m1/s1. The van der Waals surface area contributed by atoms with Gasteiger partial charge in [0.05, 0.1) is 24.5 Å². The number of nitrogens with one attached hydrogen (secondary N) is 2. The van der Waals surface area contributed by atoms with E-state index in [0.717, 1.165) is 16.9 Å². The predicted molar refractivity (Wildman–Crippen MR) is 139 cm³/mol. The maximum atomic E-state index is 13.4. The number of halogens is 1. The van der Waals surface area contributed by atoms with Gasteiger partial charge < -0.3 is 24.7 Å². The van der Waals surface area contributed by atoms with Crippen LogP contribution in [0, 0.1) is 5.82 Å². The van der Waals surface area contributed by atoms with Crippen molar-refractivity contribution in [3.05, 3.63) is 96.3 Å². The number of nitrogens with zero attached hydrogens (tertiary/aromatic N) is 2. The number of thiocarbonyl (C=S) groups is 1. The van der Waals surface area contributed by atoms with Crippen molar-refractivity contribution in [3.8, 4) is 17.1 Å². The monoisotopic (exact) mass is 502 g/mol. The molecule has 2 aromatic carbocycles. The average molecular weight is 503 g/mol. The minimum atomic E-state index is -0.389. The SMILES string of the molecule is COc1ccc(N2C(=S)N[C@H](c3ccccn3)[C@@H]2c2ccc(-c3ccc(F)cc3)o2)cc1NC(C)=O. The van der Waals surface area contributed by atoms with Gasteiger partial charge in [-0.2, -0.15) is 0 Å². The summed E-state index contributed by atoms with van der Waals surface area (Å²) in [6.07, 6.45) is 1.73. The zero-order valence-electron chi connectivity index (χ0n) is 19.6. The van der Waals surface area contributed by atoms with E-state index in [2.05, 4.69) is 15.6 Å². The van der Waals surface area contributed by atoms with Crippen molar-refractivity contribution in [2.75, 3.05) is 17.3 Å². The second-order valence-electron chi connectivity index (χ2n) is 8.27. The lowest BCUT2D eigenvalue weighted by atomic mass is 10.0. The van der Waals surface area contributed by atoms with E-state index in [1.54, 1.807) is 31.5 Å². The summed E-state index contributed by atoms with van der Waals surface area (Å²) >= 11 is 5.77. The van der Waals surface area contributed by atoms with E-state index in [0.29, 0.717) is 28.1 Å². The Labute approximate surface area is 212 Å². The van der Waals surface area contributed by atoms with Crippen LogP contribution in [-0.4, -0.2) is 23.1 Å². The number of carbonyl (C=O) groups excluding carboxylic acids is 1. The summed E-state index contributed by atoms with van der Waals surface area (Å²) < 4.78 is 25.2. The minimum absolute atomic E-state index is 0.217. The van der Waals surface area contributed by atoms with E-state index in [9.17, 15) is 9.18 Å². The van der Waals surface area contributed by atoms with Gasteiger partial charge in [0.15, 0.2) is 5.11 Å². The van der Waals surface area contributed by atoms with Crippen LogP contribution in [0.5, 0.6) is 5.75 Å². The first-order valence-corrected chi connectivity index (χ1v) is 11.7. The van der Waals surface area contributed by atoms with Crippen molar-refractivity contribution in [2.24, 2.45) is 0 Å². The Morgan fingerprint density at radius 3 is 2.64 bits per heavy atom. The fourth-order valence-corrected chi connectivity index (χ4v) is 4.68. The molecule has 0 saturated carbocycles. The molecule has 2 atom stereocenters. The Hall–Kier alpha value is -4.24. The van der Waals surface area contributed by atoms with Crippen LogP contribution in [0.15, 0.2) is 83.4 Å². The van der Waals surface area contributed by atoms with E-state index < -0.39 is 0 Å². The van der Waals surface area contributed by atoms with Gasteiger partial charge in [-0.15, -0.1) is 0 Å². The van der Waals surface area contributed by atoms with Gasteiger partial charge in [0.25, 0.3) is 0 Å². The lowest BCUT2D eigenvalue weighted by Gasteiger charge is -2.27. The van der Waals surface area contributed by atoms with Crippen molar-refractivity contribution in [1.29, 1.82) is 0 Å². The molecule has 0 unspecified atom stereocenters. The smallest absolute Gasteiger partial charge is 0.221 e. The molecule has 0 radical (unpaired) electrons. The van der Waals surface area contributed by atoms with E-state index in [-0.39, 0.29) is 23.8 Å². The maximum Gasteiger partial charge on any atom is 0.221 e. The van der Waals surface area contributed by atoms with E-state index in [1.165, 1.54) is 19.1 Å². The van der Waals surface area contributed by atoms with Gasteiger partial charge in [-0.05, 0) is 78.9 Å². The number of methoxy groups -OCH3 is 1. The van der Waals surface area contributed by atoms with Crippen LogP contribution in [0.4, 0.5) is 15.8 Å². The number of hydrogen-bond acceptors (Lipinski definition) is 5. The lowest BCUT2D eigenvalue weighted by Crippen LogP contribution is -2.29. The van der Waals surface area contributed by atoms with Gasteiger partial charge in [-0.1, -0.05) is 6.07 Å². The molecule has 0 spiro atoms. The van der Waals surface area contributed by atoms with Crippen LogP contribution >= 0.6 is 12.2 Å². The third kappa shape index (κ3) is 4.52. The molecule has 1 amide bonds. The summed E-state index contributed by atoms with van der Waals surface area (Å²) in [5, 5.41) is 6.67. The number of ether oxygens (including phenoxy) is 1. The van der Waals surface area contributed by atoms with Crippen molar-refractivity contribution < 1.29 is 18.3 Å². The summed E-state index contributed by atoms with van der Waals surface area (Å²) in [6, 6.07) is 20.3. The largest absolute Gasteiger partial charge is 0.495 e. The molecule has 0 bridgehead atoms. The third-order valence-corrected chi connectivity index (χ3v) is 6.23. The lowest BCUT2D eigenvalue weighted by molar-refractivity contribution is -0.114. The predicted octanol–water partition coefficient (Wildman–Crippen LogP) is 5.62. The molecule has 3 heterocycles. The molecule has 1 saturated heterocycles. The molecule has 1 aliphatic heterocycles. The first-order valence-electron chi connectivity index (χ1n) is 11.3. The van der Waals surface area contributed by atoms with Crippen LogP contribution in [-0.2, 0) is 4.79 Å². The van der Waals surface area contributed by atoms with Crippen LogP contribution in [0.25, 0.3) is 11.3 Å². The van der Waals surface area contributed by atoms with Gasteiger partial charge >= 0.3 is 0 Å². The number of benzene rings is 2. The molecule has 1 aliphatic rings. The second kappa shape index (κ2) is 9.79. The van der Waals surface area contributed by atoms with Crippen LogP contribution < -0.4 is 20.3 Å².